The Balaban J connectivity index is 1.21. The van der Waals surface area contributed by atoms with E-state index >= 15 is 0 Å². The predicted molar refractivity (Wildman–Crippen MR) is 147 cm³/mol. The molecule has 2 heterocycles. The Kier molecular flexibility index (Phi) is 6.41. The summed E-state index contributed by atoms with van der Waals surface area (Å²) in [4.78, 5) is 12.6. The molecule has 1 aromatic heterocycles. The van der Waals surface area contributed by atoms with Crippen LogP contribution >= 0.6 is 0 Å². The summed E-state index contributed by atoms with van der Waals surface area (Å²) in [5.41, 5.74) is 12.0. The molecule has 4 N–H and O–H groups in total. The van der Waals surface area contributed by atoms with Crippen LogP contribution in [-0.4, -0.2) is 29.9 Å². The molecular formula is C30H31FN4O3. The zero-order valence-electron chi connectivity index (χ0n) is 21.2. The van der Waals surface area contributed by atoms with Crippen LogP contribution in [0.5, 0.6) is 5.75 Å². The van der Waals surface area contributed by atoms with Gasteiger partial charge in [0.15, 0.2) is 0 Å². The van der Waals surface area contributed by atoms with Crippen molar-refractivity contribution in [3.8, 4) is 17.0 Å². The molecular weight excluding hydrogens is 483 g/mol. The Hall–Kier alpha value is -4.04. The average molecular weight is 515 g/mol. The van der Waals surface area contributed by atoms with Gasteiger partial charge in [-0.3, -0.25) is 0 Å². The highest BCUT2D eigenvalue weighted by Crippen LogP contribution is 2.47. The van der Waals surface area contributed by atoms with E-state index in [1.165, 1.54) is 12.1 Å². The molecule has 38 heavy (non-hydrogen) atoms. The maximum atomic E-state index is 13.2. The number of hydrogen-bond donors (Lipinski definition) is 3. The summed E-state index contributed by atoms with van der Waals surface area (Å²) >= 11 is 0. The predicted octanol–water partition coefficient (Wildman–Crippen LogP) is 6.41. The molecule has 1 aliphatic carbocycles. The average Bonchev–Trinajstić information content (AvgIpc) is 3.54. The number of urea groups is 1. The van der Waals surface area contributed by atoms with Crippen molar-refractivity contribution in [3.05, 3.63) is 78.1 Å². The lowest BCUT2D eigenvalue weighted by molar-refractivity contribution is 0.141. The monoisotopic (exact) mass is 514 g/mol. The lowest BCUT2D eigenvalue weighted by Crippen LogP contribution is -2.31. The molecule has 2 aliphatic rings. The third-order valence-electron chi connectivity index (χ3n) is 7.25. The first kappa shape index (κ1) is 24.3. The van der Waals surface area contributed by atoms with Gasteiger partial charge in [0.1, 0.15) is 17.7 Å². The third-order valence-corrected chi connectivity index (χ3v) is 7.25. The molecule has 1 aliphatic heterocycles. The van der Waals surface area contributed by atoms with Crippen molar-refractivity contribution in [2.45, 2.75) is 44.4 Å². The van der Waals surface area contributed by atoms with Crippen molar-refractivity contribution in [1.82, 2.24) is 9.88 Å². The molecule has 3 aromatic carbocycles. The lowest BCUT2D eigenvalue weighted by atomic mass is 10.1. The van der Waals surface area contributed by atoms with Crippen LogP contribution in [0.25, 0.3) is 22.2 Å². The fourth-order valence-corrected chi connectivity index (χ4v) is 5.10. The summed E-state index contributed by atoms with van der Waals surface area (Å²) in [5, 5.41) is 6.77. The maximum absolute atomic E-state index is 13.2. The molecule has 2 atom stereocenters. The van der Waals surface area contributed by atoms with Gasteiger partial charge in [0.05, 0.1) is 36.2 Å². The first-order chi connectivity index (χ1) is 18.5. The van der Waals surface area contributed by atoms with Gasteiger partial charge in [0.25, 0.3) is 0 Å². The number of nitrogens with zero attached hydrogens (tertiary/aromatic N) is 1. The van der Waals surface area contributed by atoms with Gasteiger partial charge >= 0.3 is 6.03 Å². The molecule has 2 amide bonds. The number of fused-ring (bicyclic) bond motifs is 1. The maximum Gasteiger partial charge on any atom is 0.319 e. The second-order valence-corrected chi connectivity index (χ2v) is 10.1. The highest BCUT2D eigenvalue weighted by Gasteiger charge is 2.30. The number of nitrogens with two attached hydrogens (primary N) is 1. The van der Waals surface area contributed by atoms with E-state index in [9.17, 15) is 9.18 Å². The molecule has 7 nitrogen and oxygen atoms in total. The first-order valence-corrected chi connectivity index (χ1v) is 13.1. The fraction of sp³-hybridized carbons (Fsp3) is 0.300. The van der Waals surface area contributed by atoms with Crippen LogP contribution in [0.2, 0.25) is 0 Å². The van der Waals surface area contributed by atoms with E-state index in [0.29, 0.717) is 18.3 Å². The van der Waals surface area contributed by atoms with Gasteiger partial charge < -0.3 is 30.4 Å². The normalized spacial score (nSPS) is 17.9. The van der Waals surface area contributed by atoms with Crippen LogP contribution in [0.4, 0.5) is 20.6 Å². The number of anilines is 2. The first-order valence-electron chi connectivity index (χ1n) is 13.1. The smallest absolute Gasteiger partial charge is 0.319 e. The van der Waals surface area contributed by atoms with Gasteiger partial charge in [-0.25, -0.2) is 9.18 Å². The number of hydrogen-bond acceptors (Lipinski definition) is 4. The van der Waals surface area contributed by atoms with Crippen LogP contribution in [0.15, 0.2) is 66.7 Å². The summed E-state index contributed by atoms with van der Waals surface area (Å²) in [7, 11) is 0. The molecule has 2 fully saturated rings. The molecule has 6 rings (SSSR count). The SMILES string of the molecule is CC(NC(=O)Nc1ccc(-c2c(N)c3ccc(OC4CCOC4)cc3n2C2CC2)cc1)c1ccc(F)cc1. The number of nitrogens with one attached hydrogen (secondary N) is 2. The van der Waals surface area contributed by atoms with E-state index in [4.69, 9.17) is 15.2 Å². The van der Waals surface area contributed by atoms with Crippen LogP contribution in [0, 0.1) is 5.82 Å². The quantitative estimate of drug-likeness (QED) is 0.266. The Morgan fingerprint density at radius 2 is 1.84 bits per heavy atom. The van der Waals surface area contributed by atoms with Gasteiger partial charge in [-0.05, 0) is 61.7 Å². The number of nitrogen functional groups attached to an aromatic ring is 1. The third kappa shape index (κ3) is 4.91. The molecule has 196 valence electrons. The Morgan fingerprint density at radius 1 is 1.08 bits per heavy atom. The van der Waals surface area contributed by atoms with Crippen molar-refractivity contribution in [2.24, 2.45) is 0 Å². The van der Waals surface area contributed by atoms with E-state index < -0.39 is 0 Å². The van der Waals surface area contributed by atoms with Gasteiger partial charge in [-0.1, -0.05) is 24.3 Å². The minimum Gasteiger partial charge on any atom is -0.488 e. The van der Waals surface area contributed by atoms with Crippen molar-refractivity contribution in [2.75, 3.05) is 24.3 Å². The summed E-state index contributed by atoms with van der Waals surface area (Å²) in [6, 6.07) is 19.7. The Labute approximate surface area is 220 Å². The summed E-state index contributed by atoms with van der Waals surface area (Å²) in [6.45, 7) is 3.22. The van der Waals surface area contributed by atoms with Gasteiger partial charge in [-0.15, -0.1) is 0 Å². The largest absolute Gasteiger partial charge is 0.488 e. The van der Waals surface area contributed by atoms with Crippen LogP contribution in [0.3, 0.4) is 0 Å². The zero-order chi connectivity index (χ0) is 26.2. The van der Waals surface area contributed by atoms with E-state index in [1.807, 2.05) is 43.3 Å². The number of aromatic nitrogens is 1. The van der Waals surface area contributed by atoms with Crippen LogP contribution in [-0.2, 0) is 4.74 Å². The van der Waals surface area contributed by atoms with Gasteiger partial charge in [0, 0.05) is 35.2 Å². The number of carbonyl (C=O) groups is 1. The summed E-state index contributed by atoms with van der Waals surface area (Å²) in [6.07, 6.45) is 3.22. The Morgan fingerprint density at radius 3 is 2.53 bits per heavy atom. The van der Waals surface area contributed by atoms with E-state index in [0.717, 1.165) is 65.0 Å². The number of ether oxygens (including phenoxy) is 2. The van der Waals surface area contributed by atoms with Gasteiger partial charge in [-0.2, -0.15) is 0 Å². The fourth-order valence-electron chi connectivity index (χ4n) is 5.10. The molecule has 0 bridgehead atoms. The summed E-state index contributed by atoms with van der Waals surface area (Å²) in [5.74, 6) is 0.527. The van der Waals surface area contributed by atoms with Crippen molar-refractivity contribution in [3.63, 3.8) is 0 Å². The highest BCUT2D eigenvalue weighted by molar-refractivity contribution is 6.02. The van der Waals surface area contributed by atoms with Crippen molar-refractivity contribution >= 4 is 28.3 Å². The molecule has 1 saturated carbocycles. The van der Waals surface area contributed by atoms with Gasteiger partial charge in [0.2, 0.25) is 0 Å². The van der Waals surface area contributed by atoms with Crippen molar-refractivity contribution in [1.29, 1.82) is 0 Å². The second-order valence-electron chi connectivity index (χ2n) is 10.1. The number of carbonyl (C=O) groups excluding carboxylic acids is 1. The second kappa shape index (κ2) is 10.0. The number of amides is 2. The highest BCUT2D eigenvalue weighted by atomic mass is 19.1. The zero-order valence-corrected chi connectivity index (χ0v) is 21.2. The lowest BCUT2D eigenvalue weighted by Gasteiger charge is -2.16. The molecule has 8 heteroatoms. The molecule has 1 saturated heterocycles. The summed E-state index contributed by atoms with van der Waals surface area (Å²) < 4.78 is 27.1. The van der Waals surface area contributed by atoms with E-state index in [-0.39, 0.29) is 24.0 Å². The minimum atomic E-state index is -0.332. The molecule has 2 unspecified atom stereocenters. The molecule has 0 spiro atoms. The van der Waals surface area contributed by atoms with Crippen LogP contribution < -0.4 is 21.1 Å². The molecule has 4 aromatic rings. The van der Waals surface area contributed by atoms with E-state index in [2.05, 4.69) is 21.3 Å². The van der Waals surface area contributed by atoms with E-state index in [1.54, 1.807) is 12.1 Å². The van der Waals surface area contributed by atoms with Crippen LogP contribution in [0.1, 0.15) is 43.8 Å². The Bertz CT molecular complexity index is 1460. The number of halogens is 1. The number of benzene rings is 3. The van der Waals surface area contributed by atoms with Crippen molar-refractivity contribution < 1.29 is 18.7 Å². The number of rotatable bonds is 7. The minimum absolute atomic E-state index is 0.0875. The standard InChI is InChI=1S/C30H31FN4O3/c1-18(19-2-6-21(31)7-3-19)33-30(36)34-22-8-4-20(5-9-22)29-28(32)26-13-12-24(38-25-14-15-37-17-25)16-27(26)35(29)23-10-11-23/h2-9,12-13,16,18,23,25H,10-11,14-15,17,32H2,1H3,(H2,33,34,36). The topological polar surface area (TPSA) is 90.5 Å². The molecule has 0 radical (unpaired) electrons.